The first-order valence-electron chi connectivity index (χ1n) is 7.68. The maximum Gasteiger partial charge on any atom is 0.407 e. The maximum atomic E-state index is 11.4. The van der Waals surface area contributed by atoms with Crippen LogP contribution in [-0.2, 0) is 4.74 Å². The summed E-state index contributed by atoms with van der Waals surface area (Å²) in [6, 6.07) is 4.94. The van der Waals surface area contributed by atoms with E-state index in [4.69, 9.17) is 0 Å². The summed E-state index contributed by atoms with van der Waals surface area (Å²) in [5.41, 5.74) is 2.08. The summed E-state index contributed by atoms with van der Waals surface area (Å²) in [7, 11) is 1.36. The molecule has 3 rings (SSSR count). The van der Waals surface area contributed by atoms with Crippen LogP contribution in [0.1, 0.15) is 37.2 Å². The van der Waals surface area contributed by atoms with E-state index < -0.39 is 6.09 Å². The van der Waals surface area contributed by atoms with Crippen molar-refractivity contribution in [3.8, 4) is 0 Å². The highest BCUT2D eigenvalue weighted by Gasteiger charge is 2.26. The van der Waals surface area contributed by atoms with Gasteiger partial charge in [0, 0.05) is 35.3 Å². The zero-order chi connectivity index (χ0) is 16.4. The number of hydrogen-bond acceptors (Lipinski definition) is 4. The number of ether oxygens (including phenoxy) is 1. The second-order valence-corrected chi connectivity index (χ2v) is 5.93. The third-order valence-corrected chi connectivity index (χ3v) is 4.53. The number of amides is 1. The van der Waals surface area contributed by atoms with Crippen molar-refractivity contribution < 1.29 is 14.5 Å². The predicted octanol–water partition coefficient (Wildman–Crippen LogP) is 3.46. The van der Waals surface area contributed by atoms with Gasteiger partial charge in [0.05, 0.1) is 12.0 Å². The van der Waals surface area contributed by atoms with E-state index in [1.807, 2.05) is 6.20 Å². The lowest BCUT2D eigenvalue weighted by Gasteiger charge is -2.29. The molecular formula is C16H19N3O4. The molecule has 0 bridgehead atoms. The van der Waals surface area contributed by atoms with Crippen LogP contribution in [0.4, 0.5) is 10.5 Å². The van der Waals surface area contributed by atoms with Crippen molar-refractivity contribution >= 4 is 22.7 Å². The van der Waals surface area contributed by atoms with E-state index in [1.54, 1.807) is 12.1 Å². The van der Waals surface area contributed by atoms with Gasteiger partial charge in [-0.2, -0.15) is 0 Å². The van der Waals surface area contributed by atoms with Crippen molar-refractivity contribution in [1.29, 1.82) is 0 Å². The number of hydrogen-bond donors (Lipinski definition) is 2. The molecule has 2 atom stereocenters. The molecule has 7 nitrogen and oxygen atoms in total. The lowest BCUT2D eigenvalue weighted by molar-refractivity contribution is -0.384. The SMILES string of the molecule is COC(=O)N[C@@H]1CCC[C@H](c2c[nH]c3ccc([N+](=O)[O-])cc23)C1. The molecule has 0 spiro atoms. The summed E-state index contributed by atoms with van der Waals surface area (Å²) >= 11 is 0. The number of nitrogens with one attached hydrogen (secondary N) is 2. The molecular weight excluding hydrogens is 298 g/mol. The monoisotopic (exact) mass is 317 g/mol. The van der Waals surface area contributed by atoms with Gasteiger partial charge in [-0.15, -0.1) is 0 Å². The Bertz CT molecular complexity index is 740. The van der Waals surface area contributed by atoms with Gasteiger partial charge < -0.3 is 15.0 Å². The number of carbonyl (C=O) groups is 1. The van der Waals surface area contributed by atoms with Crippen LogP contribution in [0.25, 0.3) is 10.9 Å². The average Bonchev–Trinajstić information content (AvgIpc) is 2.98. The van der Waals surface area contributed by atoms with Crippen molar-refractivity contribution in [3.63, 3.8) is 0 Å². The molecule has 1 saturated carbocycles. The molecule has 122 valence electrons. The number of carbonyl (C=O) groups excluding carboxylic acids is 1. The Morgan fingerprint density at radius 3 is 3.00 bits per heavy atom. The summed E-state index contributed by atoms with van der Waals surface area (Å²) in [6.45, 7) is 0. The fourth-order valence-corrected chi connectivity index (χ4v) is 3.41. The van der Waals surface area contributed by atoms with Crippen LogP contribution in [0, 0.1) is 10.1 Å². The van der Waals surface area contributed by atoms with Crippen molar-refractivity contribution in [2.75, 3.05) is 7.11 Å². The van der Waals surface area contributed by atoms with Crippen molar-refractivity contribution in [3.05, 3.63) is 40.1 Å². The smallest absolute Gasteiger partial charge is 0.407 e. The number of rotatable bonds is 3. The van der Waals surface area contributed by atoms with Crippen LogP contribution in [0.5, 0.6) is 0 Å². The zero-order valence-corrected chi connectivity index (χ0v) is 12.9. The van der Waals surface area contributed by atoms with Gasteiger partial charge >= 0.3 is 6.09 Å². The molecule has 1 aliphatic rings. The number of alkyl carbamates (subject to hydrolysis) is 1. The van der Waals surface area contributed by atoms with Gasteiger partial charge in [0.2, 0.25) is 0 Å². The number of benzene rings is 1. The molecule has 0 saturated heterocycles. The quantitative estimate of drug-likeness (QED) is 0.669. The van der Waals surface area contributed by atoms with Crippen LogP contribution in [0.3, 0.4) is 0 Å². The second kappa shape index (κ2) is 6.28. The average molecular weight is 317 g/mol. The van der Waals surface area contributed by atoms with Crippen molar-refractivity contribution in [2.24, 2.45) is 0 Å². The molecule has 2 aromatic rings. The van der Waals surface area contributed by atoms with Crippen molar-refractivity contribution in [2.45, 2.75) is 37.6 Å². The van der Waals surface area contributed by atoms with Crippen molar-refractivity contribution in [1.82, 2.24) is 10.3 Å². The first-order chi connectivity index (χ1) is 11.1. The highest BCUT2D eigenvalue weighted by atomic mass is 16.6. The Labute approximate surface area is 133 Å². The number of H-pyrrole nitrogens is 1. The van der Waals surface area contributed by atoms with E-state index in [2.05, 4.69) is 15.0 Å². The van der Waals surface area contributed by atoms with E-state index in [1.165, 1.54) is 13.2 Å². The molecule has 0 aliphatic heterocycles. The van der Waals surface area contributed by atoms with Gasteiger partial charge in [-0.25, -0.2) is 4.79 Å². The molecule has 1 aliphatic carbocycles. The number of non-ortho nitro benzene ring substituents is 1. The zero-order valence-electron chi connectivity index (χ0n) is 12.9. The molecule has 7 heteroatoms. The minimum atomic E-state index is -0.412. The fourth-order valence-electron chi connectivity index (χ4n) is 3.41. The first kappa shape index (κ1) is 15.3. The van der Waals surface area contributed by atoms with Gasteiger partial charge in [0.15, 0.2) is 0 Å². The highest BCUT2D eigenvalue weighted by Crippen LogP contribution is 2.37. The van der Waals surface area contributed by atoms with E-state index in [0.29, 0.717) is 0 Å². The van der Waals surface area contributed by atoms with E-state index in [-0.39, 0.29) is 22.6 Å². The summed E-state index contributed by atoms with van der Waals surface area (Å²) in [4.78, 5) is 25.2. The second-order valence-electron chi connectivity index (χ2n) is 5.93. The number of fused-ring (bicyclic) bond motifs is 1. The Kier molecular flexibility index (Phi) is 4.18. The van der Waals surface area contributed by atoms with Gasteiger partial charge in [-0.1, -0.05) is 6.42 Å². The van der Waals surface area contributed by atoms with E-state index in [9.17, 15) is 14.9 Å². The lowest BCUT2D eigenvalue weighted by atomic mass is 9.81. The predicted molar refractivity (Wildman–Crippen MR) is 85.5 cm³/mol. The molecule has 2 N–H and O–H groups in total. The number of nitrogens with zero attached hydrogens (tertiary/aromatic N) is 1. The normalized spacial score (nSPS) is 21.1. The Balaban J connectivity index is 1.85. The summed E-state index contributed by atoms with van der Waals surface area (Å²) in [6.07, 6.45) is 5.26. The summed E-state index contributed by atoms with van der Waals surface area (Å²) < 4.78 is 4.66. The van der Waals surface area contributed by atoms with Crippen LogP contribution in [0.15, 0.2) is 24.4 Å². The van der Waals surface area contributed by atoms with Gasteiger partial charge in [0.25, 0.3) is 5.69 Å². The number of nitro benzene ring substituents is 1. The third kappa shape index (κ3) is 3.13. The largest absolute Gasteiger partial charge is 0.453 e. The third-order valence-electron chi connectivity index (χ3n) is 4.53. The molecule has 23 heavy (non-hydrogen) atoms. The molecule has 1 fully saturated rings. The van der Waals surface area contributed by atoms with Crippen LogP contribution >= 0.6 is 0 Å². The molecule has 1 heterocycles. The van der Waals surface area contributed by atoms with Crippen LogP contribution < -0.4 is 5.32 Å². The van der Waals surface area contributed by atoms with Gasteiger partial charge in [-0.05, 0) is 36.8 Å². The number of methoxy groups -OCH3 is 1. The molecule has 1 amide bonds. The van der Waals surface area contributed by atoms with Gasteiger partial charge in [-0.3, -0.25) is 10.1 Å². The summed E-state index contributed by atoms with van der Waals surface area (Å²) in [5.74, 6) is 0.265. The standard InChI is InChI=1S/C16H19N3O4/c1-23-16(20)18-11-4-2-3-10(7-11)14-9-17-15-6-5-12(19(21)22)8-13(14)15/h5-6,8-11,17H,2-4,7H2,1H3,(H,18,20)/t10-,11+/m0/s1. The van der Waals surface area contributed by atoms with Gasteiger partial charge in [0.1, 0.15) is 0 Å². The van der Waals surface area contributed by atoms with Crippen LogP contribution in [-0.4, -0.2) is 29.2 Å². The number of nitro groups is 1. The molecule has 0 radical (unpaired) electrons. The molecule has 1 aromatic heterocycles. The minimum absolute atomic E-state index is 0.0739. The topological polar surface area (TPSA) is 97.3 Å². The lowest BCUT2D eigenvalue weighted by Crippen LogP contribution is -2.37. The first-order valence-corrected chi connectivity index (χ1v) is 7.68. The molecule has 0 unspecified atom stereocenters. The Hall–Kier alpha value is -2.57. The maximum absolute atomic E-state index is 11.4. The Morgan fingerprint density at radius 2 is 2.26 bits per heavy atom. The van der Waals surface area contributed by atoms with E-state index >= 15 is 0 Å². The fraction of sp³-hybridized carbons (Fsp3) is 0.438. The number of aromatic amines is 1. The Morgan fingerprint density at radius 1 is 1.43 bits per heavy atom. The molecule has 1 aromatic carbocycles. The minimum Gasteiger partial charge on any atom is -0.453 e. The highest BCUT2D eigenvalue weighted by molar-refractivity contribution is 5.86. The van der Waals surface area contributed by atoms with E-state index in [0.717, 1.165) is 42.1 Å². The summed E-state index contributed by atoms with van der Waals surface area (Å²) in [5, 5.41) is 14.7. The number of aromatic nitrogens is 1. The van der Waals surface area contributed by atoms with Crippen LogP contribution in [0.2, 0.25) is 0 Å².